The van der Waals surface area contributed by atoms with Crippen molar-refractivity contribution in [3.05, 3.63) is 72.0 Å². The van der Waals surface area contributed by atoms with E-state index in [1.165, 1.54) is 30.3 Å². The van der Waals surface area contributed by atoms with E-state index >= 15 is 0 Å². The molecule has 0 unspecified atom stereocenters. The number of primary amides is 1. The summed E-state index contributed by atoms with van der Waals surface area (Å²) in [6.07, 6.45) is 0. The van der Waals surface area contributed by atoms with E-state index in [2.05, 4.69) is 5.32 Å². The maximum absolute atomic E-state index is 13.4. The topological polar surface area (TPSA) is 89.3 Å². The lowest BCUT2D eigenvalue weighted by atomic mass is 10.0. The molecule has 0 aliphatic carbocycles. The van der Waals surface area contributed by atoms with E-state index in [0.29, 0.717) is 5.39 Å². The summed E-state index contributed by atoms with van der Waals surface area (Å²) in [4.78, 5) is 10.9. The Kier molecular flexibility index (Phi) is 4.41. The highest BCUT2D eigenvalue weighted by Gasteiger charge is 2.18. The maximum Gasteiger partial charge on any atom is 0.312 e. The largest absolute Gasteiger partial charge is 0.352 e. The predicted octanol–water partition coefficient (Wildman–Crippen LogP) is 2.98. The van der Waals surface area contributed by atoms with E-state index in [-0.39, 0.29) is 16.3 Å². The molecule has 2 amide bonds. The smallest absolute Gasteiger partial charge is 0.312 e. The number of hydrogen-bond acceptors (Lipinski definition) is 3. The number of amides is 2. The Labute approximate surface area is 144 Å². The lowest BCUT2D eigenvalue weighted by Gasteiger charge is -2.10. The second-order valence-electron chi connectivity index (χ2n) is 5.48. The number of rotatable bonds is 4. The number of halogens is 1. The molecule has 0 aliphatic rings. The summed E-state index contributed by atoms with van der Waals surface area (Å²) in [5.41, 5.74) is 5.89. The summed E-state index contributed by atoms with van der Waals surface area (Å²) in [5.74, 6) is -0.610. The molecule has 0 heterocycles. The number of urea groups is 1. The predicted molar refractivity (Wildman–Crippen MR) is 92.2 cm³/mol. The van der Waals surface area contributed by atoms with E-state index in [0.717, 1.165) is 17.0 Å². The Morgan fingerprint density at radius 1 is 1.00 bits per heavy atom. The molecule has 7 heteroatoms. The molecule has 128 valence electrons. The number of hydrogen-bond donors (Lipinski definition) is 2. The van der Waals surface area contributed by atoms with Gasteiger partial charge in [0, 0.05) is 6.54 Å². The van der Waals surface area contributed by atoms with Crippen molar-refractivity contribution in [1.82, 2.24) is 5.32 Å². The van der Waals surface area contributed by atoms with Crippen LogP contribution in [0.15, 0.2) is 70.5 Å². The van der Waals surface area contributed by atoms with Gasteiger partial charge in [0.05, 0.1) is 9.79 Å². The van der Waals surface area contributed by atoms with E-state index in [1.54, 1.807) is 18.2 Å². The van der Waals surface area contributed by atoms with Gasteiger partial charge in [-0.15, -0.1) is 0 Å². The minimum Gasteiger partial charge on any atom is -0.352 e. The second-order valence-corrected chi connectivity index (χ2v) is 7.43. The summed E-state index contributed by atoms with van der Waals surface area (Å²) in [6.45, 7) is 0.239. The Balaban J connectivity index is 2.06. The van der Waals surface area contributed by atoms with Crippen LogP contribution in [0.2, 0.25) is 0 Å². The van der Waals surface area contributed by atoms with Crippen molar-refractivity contribution in [2.75, 3.05) is 0 Å². The first-order valence-electron chi connectivity index (χ1n) is 7.43. The van der Waals surface area contributed by atoms with Crippen molar-refractivity contribution in [3.63, 3.8) is 0 Å². The molecule has 0 radical (unpaired) electrons. The molecule has 0 atom stereocenters. The van der Waals surface area contributed by atoms with Crippen molar-refractivity contribution in [2.45, 2.75) is 16.3 Å². The summed E-state index contributed by atoms with van der Waals surface area (Å²) >= 11 is 0. The molecular weight excluding hydrogens is 343 g/mol. The molecule has 5 nitrogen and oxygen atoms in total. The van der Waals surface area contributed by atoms with Crippen LogP contribution in [0.5, 0.6) is 0 Å². The molecule has 0 aliphatic heterocycles. The molecule has 0 bridgehead atoms. The van der Waals surface area contributed by atoms with Gasteiger partial charge in [-0.25, -0.2) is 17.6 Å². The third kappa shape index (κ3) is 3.46. The van der Waals surface area contributed by atoms with Crippen LogP contribution in [0.1, 0.15) is 5.56 Å². The Morgan fingerprint density at radius 3 is 2.44 bits per heavy atom. The van der Waals surface area contributed by atoms with E-state index in [9.17, 15) is 17.6 Å². The molecule has 0 fully saturated rings. The van der Waals surface area contributed by atoms with Crippen LogP contribution < -0.4 is 11.1 Å². The first-order valence-corrected chi connectivity index (χ1v) is 8.92. The molecular formula is C18H15FN2O3S. The second kappa shape index (κ2) is 6.52. The monoisotopic (exact) mass is 358 g/mol. The van der Waals surface area contributed by atoms with Crippen molar-refractivity contribution in [3.8, 4) is 0 Å². The fourth-order valence-corrected chi connectivity index (χ4v) is 3.93. The minimum atomic E-state index is -3.82. The molecule has 3 N–H and O–H groups in total. The number of carbonyl (C=O) groups excluding carboxylic acids is 1. The quantitative estimate of drug-likeness (QED) is 0.751. The molecule has 0 saturated carbocycles. The van der Waals surface area contributed by atoms with Gasteiger partial charge in [0.15, 0.2) is 0 Å². The average Bonchev–Trinajstić information content (AvgIpc) is 2.59. The number of sulfone groups is 1. The van der Waals surface area contributed by atoms with Crippen LogP contribution >= 0.6 is 0 Å². The Morgan fingerprint density at radius 2 is 1.72 bits per heavy atom. The lowest BCUT2D eigenvalue weighted by molar-refractivity contribution is 0.248. The van der Waals surface area contributed by atoms with Gasteiger partial charge in [0.2, 0.25) is 9.84 Å². The third-order valence-corrected chi connectivity index (χ3v) is 5.56. The molecule has 0 saturated heterocycles. The number of nitrogens with two attached hydrogens (primary N) is 1. The van der Waals surface area contributed by atoms with Gasteiger partial charge in [-0.2, -0.15) is 0 Å². The van der Waals surface area contributed by atoms with Gasteiger partial charge in [-0.05, 0) is 46.7 Å². The van der Waals surface area contributed by atoms with Crippen molar-refractivity contribution < 1.29 is 17.6 Å². The van der Waals surface area contributed by atoms with Gasteiger partial charge in [0.1, 0.15) is 5.82 Å². The van der Waals surface area contributed by atoms with E-state index in [4.69, 9.17) is 5.73 Å². The fourth-order valence-electron chi connectivity index (χ4n) is 2.60. The first-order chi connectivity index (χ1) is 11.9. The molecule has 3 aromatic rings. The van der Waals surface area contributed by atoms with Crippen LogP contribution in [0, 0.1) is 5.82 Å². The molecule has 3 aromatic carbocycles. The molecule has 3 rings (SSSR count). The SMILES string of the molecule is NC(=O)NCc1cccc2cc(S(=O)(=O)c3cccc(F)c3)ccc12. The standard InChI is InChI=1S/C18H15FN2O3S/c19-14-5-2-6-15(10-14)25(23,24)16-7-8-17-12(9-16)3-1-4-13(17)11-21-18(20)22/h1-10H,11H2,(H3,20,21,22). The van der Waals surface area contributed by atoms with Gasteiger partial charge in [-0.3, -0.25) is 0 Å². The zero-order valence-corrected chi connectivity index (χ0v) is 13.9. The van der Waals surface area contributed by atoms with Gasteiger partial charge < -0.3 is 11.1 Å². The zero-order valence-electron chi connectivity index (χ0n) is 13.1. The van der Waals surface area contributed by atoms with Crippen molar-refractivity contribution >= 4 is 26.6 Å². The van der Waals surface area contributed by atoms with Crippen LogP contribution in [-0.4, -0.2) is 14.4 Å². The normalized spacial score (nSPS) is 11.4. The lowest BCUT2D eigenvalue weighted by Crippen LogP contribution is -2.28. The number of benzene rings is 3. The Hall–Kier alpha value is -2.93. The highest BCUT2D eigenvalue weighted by molar-refractivity contribution is 7.91. The highest BCUT2D eigenvalue weighted by Crippen LogP contribution is 2.27. The van der Waals surface area contributed by atoms with Crippen molar-refractivity contribution in [2.24, 2.45) is 5.73 Å². The first kappa shape index (κ1) is 16.9. The highest BCUT2D eigenvalue weighted by atomic mass is 32.2. The molecule has 25 heavy (non-hydrogen) atoms. The van der Waals surface area contributed by atoms with Gasteiger partial charge >= 0.3 is 6.03 Å². The summed E-state index contributed by atoms with van der Waals surface area (Å²) < 4.78 is 38.7. The maximum atomic E-state index is 13.4. The average molecular weight is 358 g/mol. The van der Waals surface area contributed by atoms with E-state index in [1.807, 2.05) is 6.07 Å². The zero-order chi connectivity index (χ0) is 18.0. The van der Waals surface area contributed by atoms with Crippen LogP contribution in [-0.2, 0) is 16.4 Å². The number of fused-ring (bicyclic) bond motifs is 1. The molecule has 0 aromatic heterocycles. The van der Waals surface area contributed by atoms with Crippen LogP contribution in [0.4, 0.5) is 9.18 Å². The number of carbonyl (C=O) groups is 1. The number of nitrogens with one attached hydrogen (secondary N) is 1. The van der Waals surface area contributed by atoms with Gasteiger partial charge in [0.25, 0.3) is 0 Å². The van der Waals surface area contributed by atoms with E-state index < -0.39 is 21.7 Å². The third-order valence-electron chi connectivity index (χ3n) is 3.81. The summed E-state index contributed by atoms with van der Waals surface area (Å²) in [6, 6.07) is 14.3. The summed E-state index contributed by atoms with van der Waals surface area (Å²) in [5, 5.41) is 4.01. The minimum absolute atomic E-state index is 0.0746. The van der Waals surface area contributed by atoms with Crippen LogP contribution in [0.3, 0.4) is 0 Å². The van der Waals surface area contributed by atoms with Crippen molar-refractivity contribution in [1.29, 1.82) is 0 Å². The Bertz CT molecular complexity index is 1060. The molecule has 0 spiro atoms. The fraction of sp³-hybridized carbons (Fsp3) is 0.0556. The van der Waals surface area contributed by atoms with Gasteiger partial charge in [-0.1, -0.05) is 30.3 Å². The van der Waals surface area contributed by atoms with Crippen LogP contribution in [0.25, 0.3) is 10.8 Å². The summed E-state index contributed by atoms with van der Waals surface area (Å²) in [7, 11) is -3.82.